The van der Waals surface area contributed by atoms with Crippen LogP contribution >= 0.6 is 0 Å². The van der Waals surface area contributed by atoms with Gasteiger partial charge in [-0.05, 0) is 49.2 Å². The number of hydrogen-bond donors (Lipinski definition) is 1. The van der Waals surface area contributed by atoms with Crippen molar-refractivity contribution >= 4 is 29.2 Å². The van der Waals surface area contributed by atoms with Crippen LogP contribution in [0.4, 0.5) is 11.5 Å². The highest BCUT2D eigenvalue weighted by atomic mass is 16.5. The lowest BCUT2D eigenvalue weighted by molar-refractivity contribution is -0.115. The fourth-order valence-corrected chi connectivity index (χ4v) is 2.83. The van der Waals surface area contributed by atoms with Crippen LogP contribution < -0.4 is 10.2 Å². The van der Waals surface area contributed by atoms with Crippen LogP contribution in [0.15, 0.2) is 36.4 Å². The van der Waals surface area contributed by atoms with Crippen LogP contribution in [0.5, 0.6) is 0 Å². The summed E-state index contributed by atoms with van der Waals surface area (Å²) in [7, 11) is 0. The van der Waals surface area contributed by atoms with E-state index in [2.05, 4.69) is 20.4 Å². The molecule has 8 nitrogen and oxygen atoms in total. The second-order valence-electron chi connectivity index (χ2n) is 6.45. The van der Waals surface area contributed by atoms with Crippen molar-refractivity contribution in [3.63, 3.8) is 0 Å². The molecule has 28 heavy (non-hydrogen) atoms. The second kappa shape index (κ2) is 9.07. The molecule has 1 aromatic heterocycles. The van der Waals surface area contributed by atoms with E-state index in [4.69, 9.17) is 4.74 Å². The van der Waals surface area contributed by atoms with E-state index in [0.717, 1.165) is 31.7 Å². The Kier molecular flexibility index (Phi) is 6.31. The molecule has 1 aliphatic rings. The third-order valence-electron chi connectivity index (χ3n) is 4.44. The quantitative estimate of drug-likeness (QED) is 0.580. The molecule has 0 unspecified atom stereocenters. The van der Waals surface area contributed by atoms with Gasteiger partial charge in [0.2, 0.25) is 5.91 Å². The van der Waals surface area contributed by atoms with Crippen molar-refractivity contribution in [3.8, 4) is 0 Å². The van der Waals surface area contributed by atoms with E-state index in [1.54, 1.807) is 43.3 Å². The van der Waals surface area contributed by atoms with E-state index < -0.39 is 12.6 Å². The van der Waals surface area contributed by atoms with Crippen LogP contribution in [-0.4, -0.2) is 47.6 Å². The molecule has 1 aromatic carbocycles. The largest absolute Gasteiger partial charge is 0.453 e. The average Bonchev–Trinajstić information content (AvgIpc) is 3.27. The van der Waals surface area contributed by atoms with Crippen LogP contribution in [0.3, 0.4) is 0 Å². The summed E-state index contributed by atoms with van der Waals surface area (Å²) < 4.78 is 5.05. The number of Topliss-reactive ketones (excluding diaryl/α,β-unsaturated/α-hetero) is 1. The van der Waals surface area contributed by atoms with Gasteiger partial charge >= 0.3 is 5.97 Å². The molecule has 146 valence electrons. The Morgan fingerprint density at radius 1 is 1.04 bits per heavy atom. The highest BCUT2D eigenvalue weighted by Gasteiger charge is 2.17. The zero-order valence-electron chi connectivity index (χ0n) is 15.7. The lowest BCUT2D eigenvalue weighted by atomic mass is 10.1. The number of nitrogens with zero attached hydrogens (tertiary/aromatic N) is 3. The summed E-state index contributed by atoms with van der Waals surface area (Å²) in [5, 5.41) is 10.7. The van der Waals surface area contributed by atoms with Gasteiger partial charge in [0.15, 0.2) is 23.9 Å². The van der Waals surface area contributed by atoms with Crippen molar-refractivity contribution in [3.05, 3.63) is 47.7 Å². The fraction of sp³-hybridized carbons (Fsp3) is 0.350. The summed E-state index contributed by atoms with van der Waals surface area (Å²) in [5.74, 6) is -0.408. The third-order valence-corrected chi connectivity index (χ3v) is 4.44. The fourth-order valence-electron chi connectivity index (χ4n) is 2.83. The number of anilines is 2. The summed E-state index contributed by atoms with van der Waals surface area (Å²) >= 11 is 0. The van der Waals surface area contributed by atoms with Gasteiger partial charge < -0.3 is 15.0 Å². The second-order valence-corrected chi connectivity index (χ2v) is 6.45. The zero-order chi connectivity index (χ0) is 19.9. The Hall–Kier alpha value is -3.29. The first-order valence-electron chi connectivity index (χ1n) is 9.25. The molecule has 3 rings (SSSR count). The minimum Gasteiger partial charge on any atom is -0.453 e. The van der Waals surface area contributed by atoms with Gasteiger partial charge in [-0.15, -0.1) is 10.2 Å². The van der Waals surface area contributed by atoms with Gasteiger partial charge in [-0.2, -0.15) is 0 Å². The maximum Gasteiger partial charge on any atom is 0.359 e. The number of hydrogen-bond acceptors (Lipinski definition) is 7. The Bertz CT molecular complexity index is 844. The van der Waals surface area contributed by atoms with Gasteiger partial charge in [0.05, 0.1) is 0 Å². The van der Waals surface area contributed by atoms with E-state index in [1.807, 2.05) is 0 Å². The van der Waals surface area contributed by atoms with Crippen molar-refractivity contribution in [1.82, 2.24) is 10.2 Å². The van der Waals surface area contributed by atoms with Crippen molar-refractivity contribution in [2.75, 3.05) is 29.9 Å². The van der Waals surface area contributed by atoms with Gasteiger partial charge in [-0.25, -0.2) is 4.79 Å². The number of aromatic nitrogens is 2. The molecule has 1 fully saturated rings. The summed E-state index contributed by atoms with van der Waals surface area (Å²) in [6.07, 6.45) is 2.62. The summed E-state index contributed by atoms with van der Waals surface area (Å²) in [4.78, 5) is 37.7. The Morgan fingerprint density at radius 2 is 1.75 bits per heavy atom. The summed E-state index contributed by atoms with van der Waals surface area (Å²) in [6, 6.07) is 9.70. The maximum absolute atomic E-state index is 12.2. The molecular weight excluding hydrogens is 360 g/mol. The molecule has 0 aliphatic carbocycles. The summed E-state index contributed by atoms with van der Waals surface area (Å²) in [5.41, 5.74) is 1.06. The molecule has 2 aromatic rings. The first-order chi connectivity index (χ1) is 13.6. The van der Waals surface area contributed by atoms with E-state index >= 15 is 0 Å². The van der Waals surface area contributed by atoms with Gasteiger partial charge in [0.1, 0.15) is 0 Å². The van der Waals surface area contributed by atoms with E-state index in [0.29, 0.717) is 17.7 Å². The first kappa shape index (κ1) is 19.5. The van der Waals surface area contributed by atoms with Crippen molar-refractivity contribution in [2.45, 2.75) is 26.2 Å². The van der Waals surface area contributed by atoms with E-state index in [-0.39, 0.29) is 17.4 Å². The molecule has 1 aliphatic heterocycles. The molecule has 1 N–H and O–H groups in total. The number of ketones is 1. The number of benzene rings is 1. The predicted molar refractivity (Wildman–Crippen MR) is 103 cm³/mol. The standard InChI is InChI=1S/C20H22N4O4/c1-2-19(26)21-15-7-5-14(6-8-15)17(25)13-28-20(27)16-9-10-18(23-22-16)24-11-3-4-12-24/h5-10H,2-4,11-13H2,1H3,(H,21,26). The molecule has 8 heteroatoms. The van der Waals surface area contributed by atoms with Crippen LogP contribution in [0.1, 0.15) is 47.0 Å². The molecule has 2 heterocycles. The molecule has 1 amide bonds. The van der Waals surface area contributed by atoms with E-state index in [9.17, 15) is 14.4 Å². The topological polar surface area (TPSA) is 101 Å². The monoisotopic (exact) mass is 382 g/mol. The SMILES string of the molecule is CCC(=O)Nc1ccc(C(=O)COC(=O)c2ccc(N3CCCC3)nn2)cc1. The molecular formula is C20H22N4O4. The minimum absolute atomic E-state index is 0.0633. The Labute approximate surface area is 162 Å². The number of rotatable bonds is 7. The molecule has 0 atom stereocenters. The smallest absolute Gasteiger partial charge is 0.359 e. The number of amides is 1. The zero-order valence-corrected chi connectivity index (χ0v) is 15.7. The number of ether oxygens (including phenoxy) is 1. The van der Waals surface area contributed by atoms with Crippen molar-refractivity contribution in [2.24, 2.45) is 0 Å². The number of esters is 1. The average molecular weight is 382 g/mol. The van der Waals surface area contributed by atoms with Gasteiger partial charge in [-0.3, -0.25) is 9.59 Å². The predicted octanol–water partition coefficient (Wildman–Crippen LogP) is 2.47. The lowest BCUT2D eigenvalue weighted by Gasteiger charge is -2.15. The molecule has 0 bridgehead atoms. The number of nitrogens with one attached hydrogen (secondary N) is 1. The highest BCUT2D eigenvalue weighted by Crippen LogP contribution is 2.17. The number of carbonyl (C=O) groups excluding carboxylic acids is 3. The van der Waals surface area contributed by atoms with Crippen LogP contribution in [-0.2, 0) is 9.53 Å². The van der Waals surface area contributed by atoms with Gasteiger partial charge in [0, 0.05) is 30.8 Å². The van der Waals surface area contributed by atoms with Crippen LogP contribution in [0.25, 0.3) is 0 Å². The third kappa shape index (κ3) is 4.91. The lowest BCUT2D eigenvalue weighted by Crippen LogP contribution is -2.20. The maximum atomic E-state index is 12.2. The van der Waals surface area contributed by atoms with Gasteiger partial charge in [-0.1, -0.05) is 6.92 Å². The van der Waals surface area contributed by atoms with Crippen LogP contribution in [0.2, 0.25) is 0 Å². The molecule has 1 saturated heterocycles. The van der Waals surface area contributed by atoms with Crippen LogP contribution in [0, 0.1) is 0 Å². The van der Waals surface area contributed by atoms with E-state index in [1.165, 1.54) is 0 Å². The van der Waals surface area contributed by atoms with Crippen molar-refractivity contribution < 1.29 is 19.1 Å². The van der Waals surface area contributed by atoms with Gasteiger partial charge in [0.25, 0.3) is 0 Å². The normalized spacial score (nSPS) is 13.2. The minimum atomic E-state index is -0.694. The summed E-state index contributed by atoms with van der Waals surface area (Å²) in [6.45, 7) is 3.24. The first-order valence-corrected chi connectivity index (χ1v) is 9.25. The highest BCUT2D eigenvalue weighted by molar-refractivity contribution is 5.99. The molecule has 0 saturated carbocycles. The number of carbonyl (C=O) groups is 3. The molecule has 0 radical (unpaired) electrons. The Morgan fingerprint density at radius 3 is 2.36 bits per heavy atom. The Balaban J connectivity index is 1.52. The molecule has 0 spiro atoms. The van der Waals surface area contributed by atoms with Crippen molar-refractivity contribution in [1.29, 1.82) is 0 Å².